The van der Waals surface area contributed by atoms with Crippen molar-refractivity contribution in [1.29, 1.82) is 0 Å². The van der Waals surface area contributed by atoms with Gasteiger partial charge in [0.25, 0.3) is 0 Å². The third-order valence-electron chi connectivity index (χ3n) is 3.53. The topological polar surface area (TPSA) is 49.8 Å². The lowest BCUT2D eigenvalue weighted by Gasteiger charge is -2.26. The number of guanidine groups is 1. The first kappa shape index (κ1) is 18.6. The predicted octanol–water partition coefficient (Wildman–Crippen LogP) is 2.50. The van der Waals surface area contributed by atoms with E-state index >= 15 is 0 Å². The van der Waals surface area contributed by atoms with Gasteiger partial charge in [0.15, 0.2) is 5.96 Å². The number of nitrogens with zero attached hydrogens (tertiary/aromatic N) is 3. The van der Waals surface area contributed by atoms with Crippen molar-refractivity contribution in [2.24, 2.45) is 10.9 Å². The smallest absolute Gasteiger partial charge is 0.193 e. The number of aliphatic imine (C=N–C) groups is 1. The lowest BCUT2D eigenvalue weighted by Crippen LogP contribution is -2.41. The molecule has 21 heavy (non-hydrogen) atoms. The molecule has 0 aliphatic carbocycles. The first-order valence-corrected chi connectivity index (χ1v) is 7.97. The van der Waals surface area contributed by atoms with Crippen LogP contribution < -0.4 is 5.32 Å². The van der Waals surface area contributed by atoms with Gasteiger partial charge in [-0.1, -0.05) is 0 Å². The summed E-state index contributed by atoms with van der Waals surface area (Å²) in [5.74, 6) is 1.62. The molecule has 1 aromatic rings. The van der Waals surface area contributed by atoms with Crippen molar-refractivity contribution < 1.29 is 4.74 Å². The Kier molecular flexibility index (Phi) is 8.50. The third kappa shape index (κ3) is 6.07. The van der Waals surface area contributed by atoms with E-state index in [0.717, 1.165) is 55.8 Å². The van der Waals surface area contributed by atoms with Crippen LogP contribution in [-0.2, 0) is 11.3 Å². The van der Waals surface area contributed by atoms with Crippen LogP contribution in [-0.4, -0.2) is 49.7 Å². The summed E-state index contributed by atoms with van der Waals surface area (Å²) >= 11 is 1.69. The van der Waals surface area contributed by atoms with E-state index in [0.29, 0.717) is 5.92 Å². The Morgan fingerprint density at radius 1 is 1.52 bits per heavy atom. The standard InChI is InChI=1S/C14H24N4OS.HI/c1-11-17-13(10-20-11)9-18(3)14(15-2)16-8-12-4-6-19-7-5-12;/h10,12H,4-9H2,1-3H3,(H,15,16);1H. The summed E-state index contributed by atoms with van der Waals surface area (Å²) < 4.78 is 5.39. The maximum absolute atomic E-state index is 5.39. The molecule has 1 aromatic heterocycles. The highest BCUT2D eigenvalue weighted by Crippen LogP contribution is 2.13. The molecule has 1 N–H and O–H groups in total. The van der Waals surface area contributed by atoms with Gasteiger partial charge in [-0.25, -0.2) is 4.98 Å². The first-order valence-electron chi connectivity index (χ1n) is 7.09. The van der Waals surface area contributed by atoms with Gasteiger partial charge in [-0.3, -0.25) is 4.99 Å². The predicted molar refractivity (Wildman–Crippen MR) is 98.6 cm³/mol. The van der Waals surface area contributed by atoms with E-state index in [1.54, 1.807) is 11.3 Å². The van der Waals surface area contributed by atoms with Gasteiger partial charge in [-0.15, -0.1) is 35.3 Å². The summed E-state index contributed by atoms with van der Waals surface area (Å²) in [5.41, 5.74) is 1.10. The van der Waals surface area contributed by atoms with Gasteiger partial charge in [0.05, 0.1) is 17.2 Å². The molecule has 0 spiro atoms. The monoisotopic (exact) mass is 424 g/mol. The van der Waals surface area contributed by atoms with E-state index in [1.165, 1.54) is 0 Å². The SMILES string of the molecule is CN=C(NCC1CCOCC1)N(C)Cc1csc(C)n1.I. The van der Waals surface area contributed by atoms with Crippen LogP contribution in [0.4, 0.5) is 0 Å². The molecular weight excluding hydrogens is 399 g/mol. The molecule has 0 atom stereocenters. The second-order valence-electron chi connectivity index (χ2n) is 5.20. The minimum Gasteiger partial charge on any atom is -0.381 e. The first-order chi connectivity index (χ1) is 9.69. The van der Waals surface area contributed by atoms with Crippen LogP contribution in [0.25, 0.3) is 0 Å². The molecule has 0 saturated carbocycles. The molecule has 0 unspecified atom stereocenters. The number of thiazole rings is 1. The Morgan fingerprint density at radius 2 is 2.24 bits per heavy atom. The van der Waals surface area contributed by atoms with Crippen LogP contribution in [0, 0.1) is 12.8 Å². The molecule has 0 aromatic carbocycles. The maximum atomic E-state index is 5.39. The summed E-state index contributed by atoms with van der Waals surface area (Å²) in [6, 6.07) is 0. The zero-order valence-corrected chi connectivity index (χ0v) is 16.1. The Labute approximate surface area is 148 Å². The van der Waals surface area contributed by atoms with Gasteiger partial charge in [0, 0.05) is 39.2 Å². The van der Waals surface area contributed by atoms with Crippen molar-refractivity contribution in [2.45, 2.75) is 26.3 Å². The second kappa shape index (κ2) is 9.58. The molecule has 0 amide bonds. The Balaban J connectivity index is 0.00000220. The number of halogens is 1. The second-order valence-corrected chi connectivity index (χ2v) is 6.26. The van der Waals surface area contributed by atoms with Crippen LogP contribution in [0.15, 0.2) is 10.4 Å². The highest BCUT2D eigenvalue weighted by atomic mass is 127. The number of aromatic nitrogens is 1. The summed E-state index contributed by atoms with van der Waals surface area (Å²) in [5, 5.41) is 6.68. The highest BCUT2D eigenvalue weighted by Gasteiger charge is 2.15. The van der Waals surface area contributed by atoms with Gasteiger partial charge in [-0.05, 0) is 25.7 Å². The number of hydrogen-bond donors (Lipinski definition) is 1. The average molecular weight is 424 g/mol. The molecule has 1 aliphatic rings. The fraction of sp³-hybridized carbons (Fsp3) is 0.714. The van der Waals surface area contributed by atoms with E-state index < -0.39 is 0 Å². The van der Waals surface area contributed by atoms with E-state index in [1.807, 2.05) is 21.0 Å². The molecule has 1 fully saturated rings. The van der Waals surface area contributed by atoms with Crippen molar-refractivity contribution in [3.63, 3.8) is 0 Å². The molecule has 0 bridgehead atoms. The van der Waals surface area contributed by atoms with Gasteiger partial charge in [0.1, 0.15) is 0 Å². The van der Waals surface area contributed by atoms with Crippen molar-refractivity contribution in [2.75, 3.05) is 33.9 Å². The van der Waals surface area contributed by atoms with Crippen LogP contribution >= 0.6 is 35.3 Å². The van der Waals surface area contributed by atoms with Crippen molar-refractivity contribution in [3.8, 4) is 0 Å². The van der Waals surface area contributed by atoms with Crippen LogP contribution in [0.2, 0.25) is 0 Å². The molecule has 0 radical (unpaired) electrons. The fourth-order valence-electron chi connectivity index (χ4n) is 2.37. The van der Waals surface area contributed by atoms with Crippen LogP contribution in [0.3, 0.4) is 0 Å². The summed E-state index contributed by atoms with van der Waals surface area (Å²) in [6.07, 6.45) is 2.28. The Morgan fingerprint density at radius 3 is 2.81 bits per heavy atom. The quantitative estimate of drug-likeness (QED) is 0.459. The number of nitrogens with one attached hydrogen (secondary N) is 1. The normalized spacial score (nSPS) is 16.4. The zero-order valence-electron chi connectivity index (χ0n) is 13.0. The lowest BCUT2D eigenvalue weighted by atomic mass is 10.0. The molecule has 7 heteroatoms. The molecule has 5 nitrogen and oxygen atoms in total. The molecule has 1 aliphatic heterocycles. The van der Waals surface area contributed by atoms with E-state index in [9.17, 15) is 0 Å². The zero-order chi connectivity index (χ0) is 14.4. The van der Waals surface area contributed by atoms with Crippen molar-refractivity contribution >= 4 is 41.3 Å². The van der Waals surface area contributed by atoms with Gasteiger partial charge in [-0.2, -0.15) is 0 Å². The number of aryl methyl sites for hydroxylation is 1. The molecule has 1 saturated heterocycles. The Hall–Kier alpha value is -0.410. The fourth-order valence-corrected chi connectivity index (χ4v) is 2.97. The lowest BCUT2D eigenvalue weighted by molar-refractivity contribution is 0.0674. The summed E-state index contributed by atoms with van der Waals surface area (Å²) in [7, 11) is 3.88. The molecule has 2 rings (SSSR count). The average Bonchev–Trinajstić information content (AvgIpc) is 2.86. The number of rotatable bonds is 4. The van der Waals surface area contributed by atoms with Gasteiger partial charge >= 0.3 is 0 Å². The largest absolute Gasteiger partial charge is 0.381 e. The maximum Gasteiger partial charge on any atom is 0.193 e. The van der Waals surface area contributed by atoms with E-state index in [4.69, 9.17) is 4.74 Å². The van der Waals surface area contributed by atoms with Crippen LogP contribution in [0.5, 0.6) is 0 Å². The minimum atomic E-state index is 0. The van der Waals surface area contributed by atoms with Gasteiger partial charge < -0.3 is 15.0 Å². The number of hydrogen-bond acceptors (Lipinski definition) is 4. The molecule has 2 heterocycles. The Bertz CT molecular complexity index is 446. The van der Waals surface area contributed by atoms with E-state index in [-0.39, 0.29) is 24.0 Å². The third-order valence-corrected chi connectivity index (χ3v) is 4.35. The van der Waals surface area contributed by atoms with Crippen LogP contribution in [0.1, 0.15) is 23.5 Å². The van der Waals surface area contributed by atoms with E-state index in [2.05, 4.69) is 25.6 Å². The van der Waals surface area contributed by atoms with Gasteiger partial charge in [0.2, 0.25) is 0 Å². The minimum absolute atomic E-state index is 0. The number of ether oxygens (including phenoxy) is 1. The summed E-state index contributed by atoms with van der Waals surface area (Å²) in [6.45, 7) is 5.57. The van der Waals surface area contributed by atoms with Crippen molar-refractivity contribution in [1.82, 2.24) is 15.2 Å². The molecular formula is C14H25IN4OS. The van der Waals surface area contributed by atoms with Crippen molar-refractivity contribution in [3.05, 3.63) is 16.1 Å². The molecule has 120 valence electrons. The highest BCUT2D eigenvalue weighted by molar-refractivity contribution is 14.0. The summed E-state index contributed by atoms with van der Waals surface area (Å²) in [4.78, 5) is 11.0.